The van der Waals surface area contributed by atoms with E-state index in [2.05, 4.69) is 6.92 Å². The van der Waals surface area contributed by atoms with Crippen molar-refractivity contribution in [2.24, 2.45) is 0 Å². The molecule has 0 aromatic rings. The zero-order chi connectivity index (χ0) is 12.9. The van der Waals surface area contributed by atoms with E-state index in [0.717, 1.165) is 25.0 Å². The summed E-state index contributed by atoms with van der Waals surface area (Å²) < 4.78 is 4.83. The van der Waals surface area contributed by atoms with Gasteiger partial charge in [0.05, 0.1) is 6.61 Å². The van der Waals surface area contributed by atoms with E-state index in [0.29, 0.717) is 6.61 Å². The van der Waals surface area contributed by atoms with Crippen molar-refractivity contribution >= 4 is 11.9 Å². The van der Waals surface area contributed by atoms with Crippen molar-refractivity contribution in [1.29, 1.82) is 0 Å². The van der Waals surface area contributed by atoms with Crippen molar-refractivity contribution in [2.75, 3.05) is 6.61 Å². The van der Waals surface area contributed by atoms with Crippen molar-refractivity contribution in [3.63, 3.8) is 0 Å². The van der Waals surface area contributed by atoms with Crippen molar-refractivity contribution in [3.05, 3.63) is 12.2 Å². The molecule has 4 heteroatoms. The molecule has 0 aromatic heterocycles. The van der Waals surface area contributed by atoms with Crippen LogP contribution in [0.3, 0.4) is 0 Å². The monoisotopic (exact) mass is 242 g/mol. The molecule has 1 N–H and O–H groups in total. The van der Waals surface area contributed by atoms with Gasteiger partial charge in [-0.3, -0.25) is 0 Å². The Kier molecular flexibility index (Phi) is 10.3. The molecule has 0 aliphatic rings. The fraction of sp³-hybridized carbons (Fsp3) is 0.692. The first kappa shape index (κ1) is 15.7. The molecule has 0 unspecified atom stereocenters. The average molecular weight is 242 g/mol. The first-order chi connectivity index (χ1) is 8.16. The summed E-state index contributed by atoms with van der Waals surface area (Å²) >= 11 is 0. The van der Waals surface area contributed by atoms with E-state index in [1.807, 2.05) is 0 Å². The van der Waals surface area contributed by atoms with Crippen LogP contribution in [0.1, 0.15) is 51.9 Å². The largest absolute Gasteiger partial charge is 0.478 e. The van der Waals surface area contributed by atoms with E-state index in [9.17, 15) is 9.59 Å². The normalized spacial score (nSPS) is 10.6. The predicted molar refractivity (Wildman–Crippen MR) is 65.7 cm³/mol. The number of esters is 1. The molecule has 98 valence electrons. The molecular formula is C13H22O4. The molecule has 0 aromatic carbocycles. The molecule has 0 bridgehead atoms. The maximum atomic E-state index is 10.9. The summed E-state index contributed by atoms with van der Waals surface area (Å²) in [5, 5.41) is 8.28. The molecule has 0 saturated heterocycles. The number of carbonyl (C=O) groups is 2. The van der Waals surface area contributed by atoms with Crippen LogP contribution in [0, 0.1) is 0 Å². The SMILES string of the molecule is CCCCCCCCCOC(=O)/C=C/C(=O)O. The second-order valence-corrected chi connectivity index (χ2v) is 3.96. The molecule has 0 spiro atoms. The summed E-state index contributed by atoms with van der Waals surface area (Å²) in [6.07, 6.45) is 9.83. The Morgan fingerprint density at radius 2 is 1.59 bits per heavy atom. The lowest BCUT2D eigenvalue weighted by molar-refractivity contribution is -0.138. The number of aliphatic carboxylic acids is 1. The van der Waals surface area contributed by atoms with Crippen LogP contribution in [-0.4, -0.2) is 23.7 Å². The van der Waals surface area contributed by atoms with Gasteiger partial charge in [0, 0.05) is 12.2 Å². The summed E-state index contributed by atoms with van der Waals surface area (Å²) in [6.45, 7) is 2.56. The van der Waals surface area contributed by atoms with Crippen molar-refractivity contribution < 1.29 is 19.4 Å². The zero-order valence-corrected chi connectivity index (χ0v) is 10.5. The van der Waals surface area contributed by atoms with Gasteiger partial charge in [0.2, 0.25) is 0 Å². The summed E-state index contributed by atoms with van der Waals surface area (Å²) in [4.78, 5) is 21.1. The van der Waals surface area contributed by atoms with Gasteiger partial charge in [0.1, 0.15) is 0 Å². The van der Waals surface area contributed by atoms with E-state index in [-0.39, 0.29) is 0 Å². The van der Waals surface area contributed by atoms with Crippen LogP contribution in [-0.2, 0) is 14.3 Å². The molecule has 0 radical (unpaired) electrons. The summed E-state index contributed by atoms with van der Waals surface area (Å²) in [7, 11) is 0. The van der Waals surface area contributed by atoms with Gasteiger partial charge in [0.15, 0.2) is 0 Å². The van der Waals surface area contributed by atoms with Crippen LogP contribution in [0.25, 0.3) is 0 Å². The van der Waals surface area contributed by atoms with E-state index in [1.165, 1.54) is 32.1 Å². The van der Waals surface area contributed by atoms with Crippen molar-refractivity contribution in [3.8, 4) is 0 Å². The summed E-state index contributed by atoms with van der Waals surface area (Å²) in [6, 6.07) is 0. The highest BCUT2D eigenvalue weighted by Gasteiger charge is 1.98. The summed E-state index contributed by atoms with van der Waals surface area (Å²) in [5.41, 5.74) is 0. The third kappa shape index (κ3) is 12.6. The number of hydrogen-bond donors (Lipinski definition) is 1. The van der Waals surface area contributed by atoms with E-state index < -0.39 is 11.9 Å². The van der Waals surface area contributed by atoms with E-state index in [4.69, 9.17) is 9.84 Å². The quantitative estimate of drug-likeness (QED) is 0.363. The highest BCUT2D eigenvalue weighted by atomic mass is 16.5. The Hall–Kier alpha value is -1.32. The first-order valence-electron chi connectivity index (χ1n) is 6.24. The van der Waals surface area contributed by atoms with Gasteiger partial charge in [-0.05, 0) is 6.42 Å². The maximum absolute atomic E-state index is 10.9. The van der Waals surface area contributed by atoms with Crippen LogP contribution in [0.2, 0.25) is 0 Å². The smallest absolute Gasteiger partial charge is 0.331 e. The third-order valence-corrected chi connectivity index (χ3v) is 2.35. The van der Waals surface area contributed by atoms with Crippen molar-refractivity contribution in [1.82, 2.24) is 0 Å². The maximum Gasteiger partial charge on any atom is 0.331 e. The Labute approximate surface area is 103 Å². The van der Waals surface area contributed by atoms with Gasteiger partial charge in [-0.15, -0.1) is 0 Å². The van der Waals surface area contributed by atoms with Crippen LogP contribution < -0.4 is 0 Å². The highest BCUT2D eigenvalue weighted by molar-refractivity contribution is 5.90. The van der Waals surface area contributed by atoms with Gasteiger partial charge >= 0.3 is 11.9 Å². The topological polar surface area (TPSA) is 63.6 Å². The molecule has 17 heavy (non-hydrogen) atoms. The Morgan fingerprint density at radius 3 is 2.18 bits per heavy atom. The van der Waals surface area contributed by atoms with Crippen LogP contribution in [0.4, 0.5) is 0 Å². The predicted octanol–water partition coefficient (Wildman–Crippen LogP) is 2.92. The summed E-state index contributed by atoms with van der Waals surface area (Å²) in [5.74, 6) is -1.73. The number of carboxylic acids is 1. The average Bonchev–Trinajstić information content (AvgIpc) is 2.30. The molecule has 0 amide bonds. The van der Waals surface area contributed by atoms with Gasteiger partial charge in [0.25, 0.3) is 0 Å². The molecule has 0 fully saturated rings. The van der Waals surface area contributed by atoms with Crippen LogP contribution >= 0.6 is 0 Å². The molecule has 0 aliphatic heterocycles. The van der Waals surface area contributed by atoms with Gasteiger partial charge in [-0.25, -0.2) is 9.59 Å². The first-order valence-corrected chi connectivity index (χ1v) is 6.24. The molecular weight excluding hydrogens is 220 g/mol. The van der Waals surface area contributed by atoms with Gasteiger partial charge in [-0.2, -0.15) is 0 Å². The Bertz CT molecular complexity index is 246. The lowest BCUT2D eigenvalue weighted by atomic mass is 10.1. The number of ether oxygens (including phenoxy) is 1. The number of rotatable bonds is 10. The van der Waals surface area contributed by atoms with Crippen LogP contribution in [0.15, 0.2) is 12.2 Å². The molecule has 0 atom stereocenters. The Balaban J connectivity index is 3.28. The molecule has 0 aliphatic carbocycles. The van der Waals surface area contributed by atoms with E-state index >= 15 is 0 Å². The minimum Gasteiger partial charge on any atom is -0.478 e. The zero-order valence-electron chi connectivity index (χ0n) is 10.5. The number of hydrogen-bond acceptors (Lipinski definition) is 3. The lowest BCUT2D eigenvalue weighted by Gasteiger charge is -2.02. The second kappa shape index (κ2) is 11.2. The highest BCUT2D eigenvalue weighted by Crippen LogP contribution is 2.06. The third-order valence-electron chi connectivity index (χ3n) is 2.35. The lowest BCUT2D eigenvalue weighted by Crippen LogP contribution is -2.03. The minimum atomic E-state index is -1.14. The Morgan fingerprint density at radius 1 is 1.00 bits per heavy atom. The van der Waals surface area contributed by atoms with Crippen LogP contribution in [0.5, 0.6) is 0 Å². The molecule has 0 rings (SSSR count). The van der Waals surface area contributed by atoms with Crippen molar-refractivity contribution in [2.45, 2.75) is 51.9 Å². The number of unbranched alkanes of at least 4 members (excludes halogenated alkanes) is 6. The molecule has 0 saturated carbocycles. The number of carbonyl (C=O) groups excluding carboxylic acids is 1. The van der Waals surface area contributed by atoms with Gasteiger partial charge < -0.3 is 9.84 Å². The minimum absolute atomic E-state index is 0.372. The number of carboxylic acid groups (broad SMARTS) is 1. The van der Waals surface area contributed by atoms with Gasteiger partial charge in [-0.1, -0.05) is 45.4 Å². The second-order valence-electron chi connectivity index (χ2n) is 3.96. The van der Waals surface area contributed by atoms with E-state index in [1.54, 1.807) is 0 Å². The molecule has 4 nitrogen and oxygen atoms in total. The molecule has 0 heterocycles. The fourth-order valence-corrected chi connectivity index (χ4v) is 1.42. The standard InChI is InChI=1S/C13H22O4/c1-2-3-4-5-6-7-8-11-17-13(16)10-9-12(14)15/h9-10H,2-8,11H2,1H3,(H,14,15)/b10-9+. The fourth-order valence-electron chi connectivity index (χ4n) is 1.42.